The first-order valence-corrected chi connectivity index (χ1v) is 25.9. The Morgan fingerprint density at radius 1 is 0.216 bits per heavy atom. The molecule has 0 atom stereocenters. The van der Waals surface area contributed by atoms with Crippen molar-refractivity contribution in [3.63, 3.8) is 0 Å². The van der Waals surface area contributed by atoms with E-state index in [0.29, 0.717) is 0 Å². The molecule has 74 heavy (non-hydrogen) atoms. The van der Waals surface area contributed by atoms with Gasteiger partial charge in [-0.3, -0.25) is 9.80 Å². The molecule has 0 saturated carbocycles. The molecule has 0 fully saturated rings. The molecular weight excluding hydrogens is 905 g/mol. The zero-order valence-corrected chi connectivity index (χ0v) is 42.5. The van der Waals surface area contributed by atoms with E-state index in [1.807, 2.05) is 0 Å². The standard InChI is InChI=1S/C66H66N8/c1-2-8-56-15-27-62(28-16-56)50-68-38-44-74-47-41-71-53-65-33-21-59(22-34-65)11-5-3-9-57-17-29-63(30-18-57)51-69-39-45-73(43-37-67-49-61-25-13-55(7-1)14-26-61)46-40-70-52-64-31-19-58(20-32-64)10-4-6-12-60-23-35-66(36-24-60)54-72-42-48-74/h13-36,67-72H,37-54H2. The summed E-state index contributed by atoms with van der Waals surface area (Å²) in [5.41, 5.74) is 13.1. The normalized spacial score (nSPS) is 17.5. The summed E-state index contributed by atoms with van der Waals surface area (Å²) in [6.07, 6.45) is 0. The molecule has 0 aromatic heterocycles. The van der Waals surface area contributed by atoms with Gasteiger partial charge in [0.25, 0.3) is 0 Å². The molecule has 0 spiro atoms. The number of hydrogen-bond donors (Lipinski definition) is 6. The van der Waals surface area contributed by atoms with Gasteiger partial charge in [-0.15, -0.1) is 0 Å². The lowest BCUT2D eigenvalue weighted by atomic mass is 10.1. The minimum atomic E-state index is 0.790. The van der Waals surface area contributed by atoms with E-state index in [2.05, 4.69) is 258 Å². The lowest BCUT2D eigenvalue weighted by Gasteiger charge is -2.23. The average Bonchev–Trinajstić information content (AvgIpc) is 3.44. The maximum absolute atomic E-state index is 3.67. The van der Waals surface area contributed by atoms with Crippen molar-refractivity contribution >= 4 is 0 Å². The topological polar surface area (TPSA) is 78.7 Å². The lowest BCUT2D eigenvalue weighted by Crippen LogP contribution is -2.40. The van der Waals surface area contributed by atoms with Crippen LogP contribution in [0.4, 0.5) is 0 Å². The largest absolute Gasteiger partial charge is 0.311 e. The summed E-state index contributed by atoms with van der Waals surface area (Å²) in [4.78, 5) is 5.04. The molecule has 0 aliphatic carbocycles. The summed E-state index contributed by atoms with van der Waals surface area (Å²) in [6, 6.07) is 50.7. The number of hydrogen-bond acceptors (Lipinski definition) is 8. The molecule has 0 unspecified atom stereocenters. The fraction of sp³-hybridized carbons (Fsp3) is 0.273. The van der Waals surface area contributed by atoms with Crippen LogP contribution in [-0.4, -0.2) is 88.3 Å². The molecule has 21 heterocycles. The average molecular weight is 971 g/mol. The van der Waals surface area contributed by atoms with Crippen molar-refractivity contribution < 1.29 is 0 Å². The first-order valence-electron chi connectivity index (χ1n) is 25.9. The Morgan fingerprint density at radius 2 is 0.365 bits per heavy atom. The van der Waals surface area contributed by atoms with Crippen LogP contribution in [0.1, 0.15) is 66.8 Å². The number of nitrogens with zero attached hydrogens (tertiary/aromatic N) is 2. The van der Waals surface area contributed by atoms with Gasteiger partial charge >= 0.3 is 0 Å². The highest BCUT2D eigenvalue weighted by Crippen LogP contribution is 2.09. The molecule has 6 N–H and O–H groups in total. The fourth-order valence-electron chi connectivity index (χ4n) is 8.35. The number of benzene rings is 6. The third kappa shape index (κ3) is 19.4. The first kappa shape index (κ1) is 52.7. The van der Waals surface area contributed by atoms with Crippen molar-refractivity contribution in [3.8, 4) is 71.0 Å². The quantitative estimate of drug-likeness (QED) is 0.0970. The molecule has 6 aromatic rings. The number of nitrogens with one attached hydrogen (secondary N) is 6. The minimum Gasteiger partial charge on any atom is -0.311 e. The van der Waals surface area contributed by atoms with Gasteiger partial charge in [0.1, 0.15) is 0 Å². The highest BCUT2D eigenvalue weighted by molar-refractivity contribution is 5.48. The Kier molecular flexibility index (Phi) is 21.6. The van der Waals surface area contributed by atoms with Crippen molar-refractivity contribution in [1.29, 1.82) is 0 Å². The van der Waals surface area contributed by atoms with E-state index in [-0.39, 0.29) is 0 Å². The predicted molar refractivity (Wildman–Crippen MR) is 303 cm³/mol. The summed E-state index contributed by atoms with van der Waals surface area (Å²) in [5, 5.41) is 22.0. The second kappa shape index (κ2) is 30.4. The highest BCUT2D eigenvalue weighted by atomic mass is 15.2. The van der Waals surface area contributed by atoms with Crippen LogP contribution >= 0.6 is 0 Å². The van der Waals surface area contributed by atoms with E-state index in [0.717, 1.165) is 151 Å². The Balaban J connectivity index is 0.978. The van der Waals surface area contributed by atoms with Gasteiger partial charge in [-0.05, 0) is 142 Å². The van der Waals surface area contributed by atoms with Crippen LogP contribution in [0.5, 0.6) is 0 Å². The van der Waals surface area contributed by atoms with E-state index in [1.54, 1.807) is 0 Å². The fourth-order valence-corrected chi connectivity index (χ4v) is 8.35. The Labute approximate surface area is 440 Å². The molecule has 370 valence electrons. The van der Waals surface area contributed by atoms with Crippen molar-refractivity contribution in [3.05, 3.63) is 212 Å². The minimum absolute atomic E-state index is 0.790. The van der Waals surface area contributed by atoms with Crippen LogP contribution < -0.4 is 31.9 Å². The summed E-state index contributed by atoms with van der Waals surface area (Å²) < 4.78 is 0. The smallest absolute Gasteiger partial charge is 0.0255 e. The molecule has 8 nitrogen and oxygen atoms in total. The maximum Gasteiger partial charge on any atom is 0.0255 e. The SMILES string of the molecule is C1#Cc2ccc(cc2)CNCCN2CCNCc3ccc(cc3)C#CC#Cc3ccc(cc3)CNCCN(CCNCc3ccc(cc3)C#C1)CCNCc1ccc(cc1)C#CC#Cc1ccc(cc1)CNCC2. The van der Waals surface area contributed by atoms with E-state index in [9.17, 15) is 0 Å². The third-order valence-corrected chi connectivity index (χ3v) is 12.8. The van der Waals surface area contributed by atoms with Crippen LogP contribution in [0.25, 0.3) is 0 Å². The zero-order chi connectivity index (χ0) is 50.5. The van der Waals surface area contributed by atoms with Crippen LogP contribution in [0, 0.1) is 71.0 Å². The van der Waals surface area contributed by atoms with E-state index in [1.165, 1.54) is 33.4 Å². The van der Waals surface area contributed by atoms with Gasteiger partial charge in [-0.25, -0.2) is 0 Å². The molecule has 8 heteroatoms. The molecule has 0 radical (unpaired) electrons. The molecule has 21 aliphatic heterocycles. The molecular formula is C66H66N8. The summed E-state index contributed by atoms with van der Waals surface area (Å²) >= 11 is 0. The van der Waals surface area contributed by atoms with E-state index in [4.69, 9.17) is 0 Å². The summed E-state index contributed by atoms with van der Waals surface area (Å²) in [7, 11) is 0. The van der Waals surface area contributed by atoms with Crippen molar-refractivity contribution in [2.45, 2.75) is 39.3 Å². The Morgan fingerprint density at radius 3 is 0.514 bits per heavy atom. The van der Waals surface area contributed by atoms with Crippen LogP contribution in [0.3, 0.4) is 0 Å². The third-order valence-electron chi connectivity index (χ3n) is 12.8. The molecule has 0 saturated heterocycles. The molecule has 0 amide bonds. The molecule has 27 rings (SSSR count). The van der Waals surface area contributed by atoms with E-state index >= 15 is 0 Å². The van der Waals surface area contributed by atoms with Gasteiger partial charge in [-0.2, -0.15) is 0 Å². The van der Waals surface area contributed by atoms with Crippen LogP contribution in [0.15, 0.2) is 146 Å². The van der Waals surface area contributed by atoms with Gasteiger partial charge in [0, 0.05) is 151 Å². The Bertz CT molecular complexity index is 2520. The molecule has 21 aliphatic rings. The highest BCUT2D eigenvalue weighted by Gasteiger charge is 2.08. The van der Waals surface area contributed by atoms with Crippen molar-refractivity contribution in [2.24, 2.45) is 0 Å². The van der Waals surface area contributed by atoms with Crippen molar-refractivity contribution in [1.82, 2.24) is 41.7 Å². The Hall–Kier alpha value is -7.64. The van der Waals surface area contributed by atoms with Crippen LogP contribution in [0.2, 0.25) is 0 Å². The predicted octanol–water partition coefficient (Wildman–Crippen LogP) is 6.47. The lowest BCUT2D eigenvalue weighted by molar-refractivity contribution is 0.271. The zero-order valence-electron chi connectivity index (χ0n) is 42.5. The molecule has 6 aromatic carbocycles. The van der Waals surface area contributed by atoms with Gasteiger partial charge < -0.3 is 31.9 Å². The van der Waals surface area contributed by atoms with E-state index < -0.39 is 0 Å². The number of rotatable bonds is 0. The first-order chi connectivity index (χ1) is 36.6. The second-order valence-electron chi connectivity index (χ2n) is 18.4. The van der Waals surface area contributed by atoms with Gasteiger partial charge in [-0.1, -0.05) is 108 Å². The van der Waals surface area contributed by atoms with Crippen molar-refractivity contribution in [2.75, 3.05) is 78.5 Å². The maximum atomic E-state index is 3.67. The summed E-state index contributed by atoms with van der Waals surface area (Å²) in [5.74, 6) is 37.6. The second-order valence-corrected chi connectivity index (χ2v) is 18.4. The van der Waals surface area contributed by atoms with Gasteiger partial charge in [0.2, 0.25) is 0 Å². The monoisotopic (exact) mass is 971 g/mol. The van der Waals surface area contributed by atoms with Gasteiger partial charge in [0.15, 0.2) is 0 Å². The summed E-state index contributed by atoms with van der Waals surface area (Å²) in [6.45, 7) is 15.6. The van der Waals surface area contributed by atoms with Crippen LogP contribution in [-0.2, 0) is 39.3 Å². The van der Waals surface area contributed by atoms with Gasteiger partial charge in [0.05, 0.1) is 0 Å². The molecule has 14 bridgehead atoms.